The van der Waals surface area contributed by atoms with Crippen LogP contribution in [0.4, 0.5) is 0 Å². The molecule has 0 saturated carbocycles. The number of aromatic nitrogens is 2. The molecule has 4 nitrogen and oxygen atoms in total. The van der Waals surface area contributed by atoms with Crippen LogP contribution in [0.15, 0.2) is 168 Å². The van der Waals surface area contributed by atoms with Gasteiger partial charge in [-0.25, -0.2) is 0 Å². The lowest BCUT2D eigenvalue weighted by molar-refractivity contribution is 0.424. The zero-order valence-electron chi connectivity index (χ0n) is 24.1. The maximum absolute atomic E-state index is 8.48. The standard InChI is InChI=1S/C19H15N.C11H8BrN.C8H9BO2/c1-3-7-16(8-4-1)11-12-17-13-14-19(20-15-17)18-9-5-2-6-10-18;12-10-6-7-11(13-8-10)9-4-2-1-3-5-9;10-9(11)7-6-8-4-2-1-3-5-8/h1-15H;1-8H;1-7,10-11H/b12-11+;;7-6+. The molecular formula is C38H32BBrN2O2. The van der Waals surface area contributed by atoms with Crippen LogP contribution in [0.5, 0.6) is 0 Å². The third kappa shape index (κ3) is 11.4. The molecule has 6 rings (SSSR count). The van der Waals surface area contributed by atoms with Gasteiger partial charge < -0.3 is 10.0 Å². The lowest BCUT2D eigenvalue weighted by Crippen LogP contribution is -2.05. The second kappa shape index (κ2) is 17.9. The summed E-state index contributed by atoms with van der Waals surface area (Å²) in [7, 11) is -1.37. The van der Waals surface area contributed by atoms with Gasteiger partial charge in [-0.2, -0.15) is 0 Å². The van der Waals surface area contributed by atoms with Crippen molar-refractivity contribution in [2.24, 2.45) is 0 Å². The van der Waals surface area contributed by atoms with E-state index in [9.17, 15) is 0 Å². The van der Waals surface area contributed by atoms with Crippen LogP contribution in [-0.4, -0.2) is 27.1 Å². The molecule has 216 valence electrons. The predicted molar refractivity (Wildman–Crippen MR) is 188 cm³/mol. The Kier molecular flexibility index (Phi) is 13.1. The second-order valence-corrected chi connectivity index (χ2v) is 10.4. The summed E-state index contributed by atoms with van der Waals surface area (Å²) < 4.78 is 1.01. The first-order valence-corrected chi connectivity index (χ1v) is 14.9. The molecule has 44 heavy (non-hydrogen) atoms. The van der Waals surface area contributed by atoms with E-state index in [4.69, 9.17) is 10.0 Å². The normalized spacial score (nSPS) is 10.4. The van der Waals surface area contributed by atoms with Gasteiger partial charge >= 0.3 is 7.12 Å². The molecule has 0 spiro atoms. The summed E-state index contributed by atoms with van der Waals surface area (Å²) in [5, 5.41) is 17.0. The molecule has 0 bridgehead atoms. The monoisotopic (exact) mass is 638 g/mol. The molecule has 2 N–H and O–H groups in total. The van der Waals surface area contributed by atoms with Crippen molar-refractivity contribution in [2.75, 3.05) is 0 Å². The molecule has 0 atom stereocenters. The van der Waals surface area contributed by atoms with Crippen molar-refractivity contribution in [1.29, 1.82) is 0 Å². The molecule has 6 heteroatoms. The fourth-order valence-corrected chi connectivity index (χ4v) is 4.19. The molecular weight excluding hydrogens is 607 g/mol. The summed E-state index contributed by atoms with van der Waals surface area (Å²) >= 11 is 3.36. The quantitative estimate of drug-likeness (QED) is 0.179. The third-order valence-corrected chi connectivity index (χ3v) is 6.65. The van der Waals surface area contributed by atoms with Gasteiger partial charge in [0.25, 0.3) is 0 Å². The smallest absolute Gasteiger partial charge is 0.424 e. The van der Waals surface area contributed by atoms with Crippen LogP contribution in [0.25, 0.3) is 40.7 Å². The Morgan fingerprint density at radius 3 is 1.32 bits per heavy atom. The van der Waals surface area contributed by atoms with Crippen LogP contribution in [0.1, 0.15) is 16.7 Å². The third-order valence-electron chi connectivity index (χ3n) is 6.18. The van der Waals surface area contributed by atoms with Gasteiger partial charge in [-0.1, -0.05) is 152 Å². The first-order valence-electron chi connectivity index (χ1n) is 14.1. The minimum atomic E-state index is -1.37. The fourth-order valence-electron chi connectivity index (χ4n) is 3.96. The highest BCUT2D eigenvalue weighted by molar-refractivity contribution is 9.10. The zero-order valence-corrected chi connectivity index (χ0v) is 25.7. The van der Waals surface area contributed by atoms with Crippen LogP contribution in [-0.2, 0) is 0 Å². The fraction of sp³-hybridized carbons (Fsp3) is 0. The Balaban J connectivity index is 0.000000160. The van der Waals surface area contributed by atoms with Crippen molar-refractivity contribution < 1.29 is 10.0 Å². The maximum Gasteiger partial charge on any atom is 0.480 e. The van der Waals surface area contributed by atoms with Gasteiger partial charge in [-0.15, -0.1) is 0 Å². The lowest BCUT2D eigenvalue weighted by Gasteiger charge is -2.00. The molecule has 0 saturated heterocycles. The molecule has 0 unspecified atom stereocenters. The summed E-state index contributed by atoms with van der Waals surface area (Å²) in [5.74, 6) is 1.31. The van der Waals surface area contributed by atoms with Crippen LogP contribution in [0, 0.1) is 0 Å². The number of nitrogens with zero attached hydrogens (tertiary/aromatic N) is 2. The predicted octanol–water partition coefficient (Wildman–Crippen LogP) is 9.14. The Labute approximate surface area is 268 Å². The van der Waals surface area contributed by atoms with E-state index in [2.05, 4.69) is 86.6 Å². The van der Waals surface area contributed by atoms with E-state index >= 15 is 0 Å². The summed E-state index contributed by atoms with van der Waals surface area (Å²) in [4.78, 5) is 8.81. The number of hydrogen-bond donors (Lipinski definition) is 2. The summed E-state index contributed by atoms with van der Waals surface area (Å²) in [6.07, 6.45) is 9.55. The average Bonchev–Trinajstić information content (AvgIpc) is 3.09. The minimum absolute atomic E-state index is 0.959. The summed E-state index contributed by atoms with van der Waals surface area (Å²) in [6, 6.07) is 48.2. The van der Waals surface area contributed by atoms with Crippen molar-refractivity contribution in [3.63, 3.8) is 0 Å². The van der Waals surface area contributed by atoms with Gasteiger partial charge in [0.15, 0.2) is 0 Å². The molecule has 0 radical (unpaired) electrons. The Morgan fingerprint density at radius 1 is 0.455 bits per heavy atom. The van der Waals surface area contributed by atoms with Crippen molar-refractivity contribution in [1.82, 2.24) is 9.97 Å². The van der Waals surface area contributed by atoms with E-state index < -0.39 is 7.12 Å². The van der Waals surface area contributed by atoms with Crippen molar-refractivity contribution >= 4 is 41.3 Å². The van der Waals surface area contributed by atoms with Crippen molar-refractivity contribution in [3.8, 4) is 22.5 Å². The highest BCUT2D eigenvalue weighted by Gasteiger charge is 1.98. The lowest BCUT2D eigenvalue weighted by atomic mass is 9.91. The molecule has 0 aliphatic rings. The van der Waals surface area contributed by atoms with Crippen molar-refractivity contribution in [2.45, 2.75) is 0 Å². The molecule has 0 fully saturated rings. The Bertz CT molecular complexity index is 1700. The maximum atomic E-state index is 8.48. The molecule has 0 aliphatic carbocycles. The number of hydrogen-bond acceptors (Lipinski definition) is 4. The number of benzene rings is 4. The molecule has 2 aromatic heterocycles. The van der Waals surface area contributed by atoms with Crippen LogP contribution < -0.4 is 0 Å². The highest BCUT2D eigenvalue weighted by atomic mass is 79.9. The van der Waals surface area contributed by atoms with Gasteiger partial charge in [-0.05, 0) is 50.8 Å². The van der Waals surface area contributed by atoms with Crippen LogP contribution >= 0.6 is 15.9 Å². The second-order valence-electron chi connectivity index (χ2n) is 9.50. The first-order chi connectivity index (χ1) is 21.6. The van der Waals surface area contributed by atoms with E-state index in [1.54, 1.807) is 6.08 Å². The molecule has 0 aliphatic heterocycles. The number of rotatable bonds is 6. The number of halogens is 1. The van der Waals surface area contributed by atoms with Gasteiger partial charge in [-0.3, -0.25) is 9.97 Å². The summed E-state index contributed by atoms with van der Waals surface area (Å²) in [6.45, 7) is 0. The highest BCUT2D eigenvalue weighted by Crippen LogP contribution is 2.18. The summed E-state index contributed by atoms with van der Waals surface area (Å²) in [5.41, 5.74) is 7.56. The largest absolute Gasteiger partial charge is 0.480 e. The van der Waals surface area contributed by atoms with E-state index in [1.165, 1.54) is 11.5 Å². The van der Waals surface area contributed by atoms with Gasteiger partial charge in [0, 0.05) is 28.0 Å². The zero-order chi connectivity index (χ0) is 30.8. The SMILES string of the molecule is Brc1ccc(-c2ccccc2)nc1.C(=C\c1ccc(-c2ccccc2)nc1)/c1ccccc1.OB(O)/C=C/c1ccccc1. The van der Waals surface area contributed by atoms with E-state index in [1.807, 2.05) is 109 Å². The van der Waals surface area contributed by atoms with Crippen LogP contribution in [0.3, 0.4) is 0 Å². The van der Waals surface area contributed by atoms with Crippen LogP contribution in [0.2, 0.25) is 0 Å². The van der Waals surface area contributed by atoms with E-state index in [-0.39, 0.29) is 0 Å². The topological polar surface area (TPSA) is 66.2 Å². The van der Waals surface area contributed by atoms with E-state index in [0.717, 1.165) is 38.1 Å². The van der Waals surface area contributed by atoms with Crippen molar-refractivity contribution in [3.05, 3.63) is 185 Å². The Hall–Kier alpha value is -4.88. The first kappa shape index (κ1) is 32.0. The minimum Gasteiger partial charge on any atom is -0.424 e. The van der Waals surface area contributed by atoms with Gasteiger partial charge in [0.2, 0.25) is 0 Å². The average molecular weight is 639 g/mol. The number of pyridine rings is 2. The Morgan fingerprint density at radius 2 is 0.886 bits per heavy atom. The molecule has 2 heterocycles. The molecule has 0 amide bonds. The molecule has 6 aromatic rings. The molecule has 4 aromatic carbocycles. The van der Waals surface area contributed by atoms with Gasteiger partial charge in [0.1, 0.15) is 0 Å². The van der Waals surface area contributed by atoms with E-state index in [0.29, 0.717) is 0 Å². The van der Waals surface area contributed by atoms with Gasteiger partial charge in [0.05, 0.1) is 11.4 Å².